The van der Waals surface area contributed by atoms with E-state index >= 15 is 0 Å². The summed E-state index contributed by atoms with van der Waals surface area (Å²) in [6, 6.07) is 11.1. The van der Waals surface area contributed by atoms with E-state index in [4.69, 9.17) is 4.18 Å². The van der Waals surface area contributed by atoms with Crippen molar-refractivity contribution in [3.05, 3.63) is 47.8 Å². The van der Waals surface area contributed by atoms with E-state index in [1.807, 2.05) is 55.7 Å². The molecule has 0 spiro atoms. The van der Waals surface area contributed by atoms with Gasteiger partial charge in [-0.15, -0.1) is 0 Å². The monoisotopic (exact) mass is 306 g/mol. The van der Waals surface area contributed by atoms with Gasteiger partial charge in [-0.2, -0.15) is 0 Å². The zero-order valence-corrected chi connectivity index (χ0v) is 13.4. The summed E-state index contributed by atoms with van der Waals surface area (Å²) in [6.45, 7) is 1.88. The molecule has 0 aromatic heterocycles. The van der Waals surface area contributed by atoms with Crippen LogP contribution in [0.25, 0.3) is 11.1 Å². The molecule has 0 unspecified atom stereocenters. The van der Waals surface area contributed by atoms with Gasteiger partial charge in [0.1, 0.15) is 18.0 Å². The SMILES string of the molecule is CNc1cc(-c2ccc(C)cc2F)ccc1N(C)SOC. The Morgan fingerprint density at radius 2 is 1.95 bits per heavy atom. The van der Waals surface area contributed by atoms with Crippen LogP contribution in [-0.4, -0.2) is 21.2 Å². The lowest BCUT2D eigenvalue weighted by Crippen LogP contribution is -2.09. The molecular weight excluding hydrogens is 287 g/mol. The normalized spacial score (nSPS) is 10.5. The van der Waals surface area contributed by atoms with Gasteiger partial charge >= 0.3 is 0 Å². The van der Waals surface area contributed by atoms with Crippen LogP contribution in [0.5, 0.6) is 0 Å². The van der Waals surface area contributed by atoms with Crippen molar-refractivity contribution in [1.29, 1.82) is 0 Å². The Bertz CT molecular complexity index is 634. The number of hydrogen-bond donors (Lipinski definition) is 1. The number of halogens is 1. The van der Waals surface area contributed by atoms with Crippen LogP contribution in [0.1, 0.15) is 5.56 Å². The van der Waals surface area contributed by atoms with Crippen molar-refractivity contribution in [2.24, 2.45) is 0 Å². The summed E-state index contributed by atoms with van der Waals surface area (Å²) in [6.07, 6.45) is 0. The second-order valence-corrected chi connectivity index (χ2v) is 5.73. The van der Waals surface area contributed by atoms with E-state index in [1.54, 1.807) is 13.2 Å². The second-order valence-electron chi connectivity index (χ2n) is 4.70. The molecule has 0 saturated carbocycles. The maximum Gasteiger partial charge on any atom is 0.131 e. The minimum atomic E-state index is -0.204. The van der Waals surface area contributed by atoms with Crippen LogP contribution < -0.4 is 9.62 Å². The molecule has 0 aliphatic carbocycles. The first-order valence-corrected chi connectivity index (χ1v) is 7.29. The molecule has 0 saturated heterocycles. The smallest absolute Gasteiger partial charge is 0.131 e. The number of nitrogens with zero attached hydrogens (tertiary/aromatic N) is 1. The number of anilines is 2. The Hall–Kier alpha value is -1.72. The Morgan fingerprint density at radius 1 is 1.19 bits per heavy atom. The molecule has 2 aromatic rings. The van der Waals surface area contributed by atoms with Gasteiger partial charge in [0, 0.05) is 19.7 Å². The minimum absolute atomic E-state index is 0.204. The first-order valence-electron chi connectivity index (χ1n) is 6.59. The molecule has 2 rings (SSSR count). The van der Waals surface area contributed by atoms with E-state index < -0.39 is 0 Å². The molecule has 0 atom stereocenters. The second kappa shape index (κ2) is 6.83. The predicted octanol–water partition coefficient (Wildman–Crippen LogP) is 4.49. The van der Waals surface area contributed by atoms with Crippen LogP contribution in [0.2, 0.25) is 0 Å². The quantitative estimate of drug-likeness (QED) is 0.650. The minimum Gasteiger partial charge on any atom is -0.386 e. The van der Waals surface area contributed by atoms with E-state index in [2.05, 4.69) is 5.32 Å². The third-order valence-electron chi connectivity index (χ3n) is 3.23. The molecule has 2 aromatic carbocycles. The van der Waals surface area contributed by atoms with Crippen LogP contribution in [0.4, 0.5) is 15.8 Å². The maximum absolute atomic E-state index is 14.1. The molecule has 3 nitrogen and oxygen atoms in total. The zero-order valence-electron chi connectivity index (χ0n) is 12.6. The summed E-state index contributed by atoms with van der Waals surface area (Å²) in [5, 5.41) is 3.14. The van der Waals surface area contributed by atoms with Gasteiger partial charge in [-0.25, -0.2) is 4.39 Å². The molecule has 21 heavy (non-hydrogen) atoms. The summed E-state index contributed by atoms with van der Waals surface area (Å²) in [4.78, 5) is 0. The van der Waals surface area contributed by atoms with E-state index in [-0.39, 0.29) is 5.82 Å². The van der Waals surface area contributed by atoms with Crippen molar-refractivity contribution in [3.8, 4) is 11.1 Å². The van der Waals surface area contributed by atoms with Crippen molar-refractivity contribution in [3.63, 3.8) is 0 Å². The standard InChI is InChI=1S/C16H19FN2OS/c1-11-5-7-13(14(17)9-11)12-6-8-16(15(10-12)18-2)19(3)21-20-4/h5-10,18H,1-4H3. The number of nitrogens with one attached hydrogen (secondary N) is 1. The van der Waals surface area contributed by atoms with E-state index in [0.29, 0.717) is 5.56 Å². The van der Waals surface area contributed by atoms with Crippen molar-refractivity contribution in [1.82, 2.24) is 0 Å². The fourth-order valence-corrected chi connectivity index (χ4v) is 2.65. The van der Waals surface area contributed by atoms with E-state index in [1.165, 1.54) is 12.2 Å². The maximum atomic E-state index is 14.1. The highest BCUT2D eigenvalue weighted by Gasteiger charge is 2.11. The van der Waals surface area contributed by atoms with Gasteiger partial charge in [-0.05, 0) is 36.2 Å². The Kier molecular flexibility index (Phi) is 5.09. The molecule has 0 heterocycles. The fourth-order valence-electron chi connectivity index (χ4n) is 2.18. The molecule has 0 radical (unpaired) electrons. The van der Waals surface area contributed by atoms with Crippen molar-refractivity contribution < 1.29 is 8.57 Å². The molecule has 1 N–H and O–H groups in total. The molecular formula is C16H19FN2OS. The largest absolute Gasteiger partial charge is 0.386 e. The summed E-state index contributed by atoms with van der Waals surface area (Å²) in [7, 11) is 5.38. The Morgan fingerprint density at radius 3 is 2.57 bits per heavy atom. The van der Waals surface area contributed by atoms with Crippen molar-refractivity contribution >= 4 is 23.6 Å². The summed E-state index contributed by atoms with van der Waals surface area (Å²) in [5.74, 6) is -0.204. The van der Waals surface area contributed by atoms with Gasteiger partial charge in [0.15, 0.2) is 0 Å². The van der Waals surface area contributed by atoms with Gasteiger partial charge < -0.3 is 9.50 Å². The van der Waals surface area contributed by atoms with Crippen LogP contribution in [0.15, 0.2) is 36.4 Å². The predicted molar refractivity (Wildman–Crippen MR) is 89.1 cm³/mol. The average Bonchev–Trinajstić information content (AvgIpc) is 2.47. The highest BCUT2D eigenvalue weighted by Crippen LogP contribution is 2.34. The molecule has 0 fully saturated rings. The fraction of sp³-hybridized carbons (Fsp3) is 0.250. The van der Waals surface area contributed by atoms with Gasteiger partial charge in [0.05, 0.1) is 18.5 Å². The lowest BCUT2D eigenvalue weighted by atomic mass is 10.0. The molecule has 0 aliphatic rings. The molecule has 5 heteroatoms. The highest BCUT2D eigenvalue weighted by molar-refractivity contribution is 7.96. The van der Waals surface area contributed by atoms with Gasteiger partial charge in [0.2, 0.25) is 0 Å². The number of rotatable bonds is 5. The summed E-state index contributed by atoms with van der Waals surface area (Å²) >= 11 is 1.24. The summed E-state index contributed by atoms with van der Waals surface area (Å²) in [5.41, 5.74) is 4.25. The van der Waals surface area contributed by atoms with Gasteiger partial charge in [-0.3, -0.25) is 4.31 Å². The number of benzene rings is 2. The first-order chi connectivity index (χ1) is 10.1. The summed E-state index contributed by atoms with van der Waals surface area (Å²) < 4.78 is 21.1. The van der Waals surface area contributed by atoms with Crippen molar-refractivity contribution in [2.45, 2.75) is 6.92 Å². The topological polar surface area (TPSA) is 24.5 Å². The Balaban J connectivity index is 2.43. The zero-order chi connectivity index (χ0) is 15.4. The molecule has 0 amide bonds. The molecule has 0 bridgehead atoms. The van der Waals surface area contributed by atoms with Gasteiger partial charge in [-0.1, -0.05) is 18.2 Å². The third-order valence-corrected chi connectivity index (χ3v) is 3.80. The van der Waals surface area contributed by atoms with Crippen LogP contribution in [0, 0.1) is 12.7 Å². The Labute approximate surface area is 129 Å². The van der Waals surface area contributed by atoms with Crippen LogP contribution >= 0.6 is 12.2 Å². The van der Waals surface area contributed by atoms with Crippen LogP contribution in [-0.2, 0) is 4.18 Å². The lowest BCUT2D eigenvalue weighted by molar-refractivity contribution is 0.489. The third kappa shape index (κ3) is 3.49. The number of aryl methyl sites for hydroxylation is 1. The van der Waals surface area contributed by atoms with Crippen molar-refractivity contribution in [2.75, 3.05) is 30.8 Å². The number of hydrogen-bond acceptors (Lipinski definition) is 4. The van der Waals surface area contributed by atoms with Crippen LogP contribution in [0.3, 0.4) is 0 Å². The molecule has 112 valence electrons. The van der Waals surface area contributed by atoms with E-state index in [9.17, 15) is 4.39 Å². The lowest BCUT2D eigenvalue weighted by Gasteiger charge is -2.20. The highest BCUT2D eigenvalue weighted by atomic mass is 32.2. The first kappa shape index (κ1) is 15.7. The average molecular weight is 306 g/mol. The van der Waals surface area contributed by atoms with E-state index in [0.717, 1.165) is 22.5 Å². The molecule has 0 aliphatic heterocycles. The van der Waals surface area contributed by atoms with Gasteiger partial charge in [0.25, 0.3) is 0 Å².